The van der Waals surface area contributed by atoms with Crippen LogP contribution < -0.4 is 10.6 Å². The summed E-state index contributed by atoms with van der Waals surface area (Å²) in [6, 6.07) is 4.27. The minimum Gasteiger partial charge on any atom is -0.354 e. The normalized spacial score (nSPS) is 15.3. The quantitative estimate of drug-likeness (QED) is 0.244. The van der Waals surface area contributed by atoms with E-state index in [0.29, 0.717) is 19.0 Å². The van der Waals surface area contributed by atoms with Crippen LogP contribution in [0.3, 0.4) is 0 Å². The number of benzene rings is 1. The third-order valence-corrected chi connectivity index (χ3v) is 4.75. The second-order valence-electron chi connectivity index (χ2n) is 7.71. The Morgan fingerprint density at radius 3 is 2.50 bits per heavy atom. The number of aliphatic imine (C=N–C) groups is 1. The van der Waals surface area contributed by atoms with Gasteiger partial charge < -0.3 is 15.5 Å². The molecule has 168 valence electrons. The Kier molecular flexibility index (Phi) is 11.2. The minimum absolute atomic E-state index is 0. The summed E-state index contributed by atoms with van der Waals surface area (Å²) in [4.78, 5) is 19.9. The van der Waals surface area contributed by atoms with E-state index in [2.05, 4.69) is 27.1 Å². The first-order valence-electron chi connectivity index (χ1n) is 9.80. The molecule has 0 bridgehead atoms. The van der Waals surface area contributed by atoms with Crippen LogP contribution in [0.25, 0.3) is 0 Å². The Morgan fingerprint density at radius 1 is 1.27 bits per heavy atom. The number of rotatable bonds is 7. The van der Waals surface area contributed by atoms with Gasteiger partial charge in [-0.3, -0.25) is 9.69 Å². The highest BCUT2D eigenvalue weighted by Gasteiger charge is 2.20. The molecule has 1 aliphatic heterocycles. The first-order valence-corrected chi connectivity index (χ1v) is 9.80. The SMILES string of the molecule is C=C(C)CNC(=NCC(=O)N(C)C)NC1CCN(Cc2ccc(F)c(F)c2)CC1.I. The van der Waals surface area contributed by atoms with E-state index in [9.17, 15) is 13.6 Å². The van der Waals surface area contributed by atoms with Gasteiger partial charge in [-0.1, -0.05) is 18.2 Å². The highest BCUT2D eigenvalue weighted by molar-refractivity contribution is 14.0. The Morgan fingerprint density at radius 2 is 1.93 bits per heavy atom. The van der Waals surface area contributed by atoms with E-state index < -0.39 is 11.6 Å². The van der Waals surface area contributed by atoms with Crippen molar-refractivity contribution < 1.29 is 13.6 Å². The smallest absolute Gasteiger partial charge is 0.243 e. The van der Waals surface area contributed by atoms with Gasteiger partial charge in [-0.25, -0.2) is 13.8 Å². The average Bonchev–Trinajstić information content (AvgIpc) is 2.67. The highest BCUT2D eigenvalue weighted by Crippen LogP contribution is 2.16. The third kappa shape index (κ3) is 8.95. The molecule has 0 atom stereocenters. The van der Waals surface area contributed by atoms with E-state index in [4.69, 9.17) is 0 Å². The van der Waals surface area contributed by atoms with Gasteiger partial charge in [0.1, 0.15) is 6.54 Å². The lowest BCUT2D eigenvalue weighted by Gasteiger charge is -2.33. The highest BCUT2D eigenvalue weighted by atomic mass is 127. The van der Waals surface area contributed by atoms with E-state index in [-0.39, 0.29) is 42.5 Å². The average molecular weight is 535 g/mol. The number of carbonyl (C=O) groups is 1. The van der Waals surface area contributed by atoms with Crippen molar-refractivity contribution in [2.24, 2.45) is 4.99 Å². The zero-order chi connectivity index (χ0) is 21.4. The molecule has 0 unspecified atom stereocenters. The van der Waals surface area contributed by atoms with Crippen LogP contribution >= 0.6 is 24.0 Å². The predicted octanol–water partition coefficient (Wildman–Crippen LogP) is 2.75. The Bertz CT molecular complexity index is 749. The summed E-state index contributed by atoms with van der Waals surface area (Å²) in [5, 5.41) is 6.60. The largest absolute Gasteiger partial charge is 0.354 e. The second-order valence-corrected chi connectivity index (χ2v) is 7.71. The summed E-state index contributed by atoms with van der Waals surface area (Å²) in [6.07, 6.45) is 1.78. The molecule has 0 aliphatic carbocycles. The molecule has 2 N–H and O–H groups in total. The van der Waals surface area contributed by atoms with Gasteiger partial charge in [0.25, 0.3) is 0 Å². The lowest BCUT2D eigenvalue weighted by Crippen LogP contribution is -2.49. The number of amides is 1. The maximum absolute atomic E-state index is 13.4. The van der Waals surface area contributed by atoms with Crippen LogP contribution in [0.5, 0.6) is 0 Å². The molecule has 2 rings (SSSR count). The molecule has 1 saturated heterocycles. The molecule has 1 heterocycles. The van der Waals surface area contributed by atoms with Crippen molar-refractivity contribution in [1.29, 1.82) is 0 Å². The van der Waals surface area contributed by atoms with Gasteiger partial charge in [0.15, 0.2) is 17.6 Å². The predicted molar refractivity (Wildman–Crippen MR) is 127 cm³/mol. The van der Waals surface area contributed by atoms with Crippen molar-refractivity contribution in [3.63, 3.8) is 0 Å². The molecule has 1 aromatic rings. The molecule has 0 aromatic heterocycles. The summed E-state index contributed by atoms with van der Waals surface area (Å²) in [6.45, 7) is 8.72. The molecular formula is C21H32F2IN5O. The molecule has 30 heavy (non-hydrogen) atoms. The van der Waals surface area contributed by atoms with Crippen LogP contribution in [0, 0.1) is 11.6 Å². The topological polar surface area (TPSA) is 60.0 Å². The molecule has 1 aliphatic rings. The summed E-state index contributed by atoms with van der Waals surface area (Å²) < 4.78 is 26.5. The van der Waals surface area contributed by atoms with Crippen LogP contribution in [0.4, 0.5) is 8.78 Å². The summed E-state index contributed by atoms with van der Waals surface area (Å²) in [5.74, 6) is -1.10. The summed E-state index contributed by atoms with van der Waals surface area (Å²) >= 11 is 0. The number of piperidine rings is 1. The van der Waals surface area contributed by atoms with Crippen LogP contribution in [-0.4, -0.2) is 68.0 Å². The number of hydrogen-bond acceptors (Lipinski definition) is 3. The molecule has 0 radical (unpaired) electrons. The van der Waals surface area contributed by atoms with Gasteiger partial charge in [0.05, 0.1) is 0 Å². The van der Waals surface area contributed by atoms with Gasteiger partial charge >= 0.3 is 0 Å². The monoisotopic (exact) mass is 535 g/mol. The zero-order valence-corrected chi connectivity index (χ0v) is 20.2. The fraction of sp³-hybridized carbons (Fsp3) is 0.524. The Labute approximate surface area is 194 Å². The van der Waals surface area contributed by atoms with Crippen molar-refractivity contribution in [1.82, 2.24) is 20.4 Å². The molecule has 6 nitrogen and oxygen atoms in total. The number of guanidine groups is 1. The molecule has 0 saturated carbocycles. The maximum atomic E-state index is 13.4. The fourth-order valence-corrected chi connectivity index (χ4v) is 3.00. The van der Waals surface area contributed by atoms with E-state index in [1.807, 2.05) is 6.92 Å². The van der Waals surface area contributed by atoms with Crippen LogP contribution in [0.2, 0.25) is 0 Å². The Hall–Kier alpha value is -1.75. The maximum Gasteiger partial charge on any atom is 0.243 e. The lowest BCUT2D eigenvalue weighted by molar-refractivity contribution is -0.127. The minimum atomic E-state index is -0.821. The van der Waals surface area contributed by atoms with Crippen molar-refractivity contribution in [3.05, 3.63) is 47.5 Å². The first-order chi connectivity index (χ1) is 13.7. The first kappa shape index (κ1) is 26.3. The Balaban J connectivity index is 0.00000450. The number of carbonyl (C=O) groups excluding carboxylic acids is 1. The van der Waals surface area contributed by atoms with Crippen molar-refractivity contribution in [2.75, 3.05) is 40.3 Å². The van der Waals surface area contributed by atoms with E-state index in [0.717, 1.165) is 37.1 Å². The van der Waals surface area contributed by atoms with Crippen molar-refractivity contribution in [3.8, 4) is 0 Å². The van der Waals surface area contributed by atoms with Crippen LogP contribution in [-0.2, 0) is 11.3 Å². The number of likely N-dealkylation sites (N-methyl/N-ethyl adjacent to an activating group) is 1. The van der Waals surface area contributed by atoms with E-state index in [1.165, 1.54) is 17.0 Å². The molecular weight excluding hydrogens is 503 g/mol. The van der Waals surface area contributed by atoms with E-state index in [1.54, 1.807) is 20.2 Å². The molecule has 1 aromatic carbocycles. The van der Waals surface area contributed by atoms with Gasteiger partial charge in [0.2, 0.25) is 5.91 Å². The summed E-state index contributed by atoms with van der Waals surface area (Å²) in [5.41, 5.74) is 1.74. The third-order valence-electron chi connectivity index (χ3n) is 4.75. The van der Waals surface area contributed by atoms with Gasteiger partial charge in [-0.15, -0.1) is 24.0 Å². The van der Waals surface area contributed by atoms with E-state index >= 15 is 0 Å². The van der Waals surface area contributed by atoms with Gasteiger partial charge in [-0.2, -0.15) is 0 Å². The number of hydrogen-bond donors (Lipinski definition) is 2. The molecule has 1 fully saturated rings. The number of halogens is 3. The lowest BCUT2D eigenvalue weighted by atomic mass is 10.0. The number of likely N-dealkylation sites (tertiary alicyclic amines) is 1. The zero-order valence-electron chi connectivity index (χ0n) is 17.9. The molecule has 0 spiro atoms. The number of nitrogens with zero attached hydrogens (tertiary/aromatic N) is 3. The van der Waals surface area contributed by atoms with Crippen molar-refractivity contribution in [2.45, 2.75) is 32.4 Å². The standard InChI is InChI=1S/C21H31F2N5O.HI/c1-15(2)12-24-21(25-13-20(29)27(3)4)26-17-7-9-28(10-8-17)14-16-5-6-18(22)19(23)11-16;/h5-6,11,17H,1,7-10,12-14H2,2-4H3,(H2,24,25,26);1H. The van der Waals surface area contributed by atoms with Gasteiger partial charge in [-0.05, 0) is 37.5 Å². The fourth-order valence-electron chi connectivity index (χ4n) is 3.00. The van der Waals surface area contributed by atoms with Crippen molar-refractivity contribution >= 4 is 35.8 Å². The van der Waals surface area contributed by atoms with Gasteiger partial charge in [0, 0.05) is 46.3 Å². The van der Waals surface area contributed by atoms with Crippen LogP contribution in [0.15, 0.2) is 35.3 Å². The van der Waals surface area contributed by atoms with Crippen LogP contribution in [0.1, 0.15) is 25.3 Å². The summed E-state index contributed by atoms with van der Waals surface area (Å²) in [7, 11) is 3.41. The molecule has 9 heteroatoms. The number of nitrogens with one attached hydrogen (secondary N) is 2. The molecule has 1 amide bonds. The second kappa shape index (κ2) is 12.8.